The summed E-state index contributed by atoms with van der Waals surface area (Å²) in [5.41, 5.74) is 1.68. The Labute approximate surface area is 106 Å². The zero-order valence-electron chi connectivity index (χ0n) is 10.2. The van der Waals surface area contributed by atoms with E-state index in [1.165, 1.54) is 18.6 Å². The van der Waals surface area contributed by atoms with Gasteiger partial charge in [0.15, 0.2) is 0 Å². The molecule has 0 aliphatic carbocycles. The van der Waals surface area contributed by atoms with Crippen LogP contribution in [0, 0.1) is 22.6 Å². The van der Waals surface area contributed by atoms with Crippen molar-refractivity contribution in [1.29, 1.82) is 5.26 Å². The zero-order valence-corrected chi connectivity index (χ0v) is 10.2. The summed E-state index contributed by atoms with van der Waals surface area (Å²) in [6, 6.07) is 6.59. The van der Waals surface area contributed by atoms with Crippen LogP contribution in [-0.2, 0) is 0 Å². The molecule has 1 N–H and O–H groups in total. The van der Waals surface area contributed by atoms with E-state index in [1.807, 2.05) is 0 Å². The van der Waals surface area contributed by atoms with Gasteiger partial charge in [0, 0.05) is 25.0 Å². The molecule has 2 fully saturated rings. The summed E-state index contributed by atoms with van der Waals surface area (Å²) in [7, 11) is 0. The monoisotopic (exact) mass is 245 g/mol. The number of benzene rings is 1. The molecule has 2 saturated heterocycles. The van der Waals surface area contributed by atoms with Crippen LogP contribution in [0.3, 0.4) is 0 Å². The van der Waals surface area contributed by atoms with Gasteiger partial charge < -0.3 is 10.2 Å². The Balaban J connectivity index is 1.86. The van der Waals surface area contributed by atoms with Crippen molar-refractivity contribution < 1.29 is 4.39 Å². The minimum absolute atomic E-state index is 0.341. The molecule has 3 nitrogen and oxygen atoms in total. The highest BCUT2D eigenvalue weighted by Crippen LogP contribution is 2.39. The lowest BCUT2D eigenvalue weighted by Gasteiger charge is -2.24. The quantitative estimate of drug-likeness (QED) is 0.821. The van der Waals surface area contributed by atoms with Crippen molar-refractivity contribution >= 4 is 5.69 Å². The van der Waals surface area contributed by atoms with E-state index in [-0.39, 0.29) is 5.82 Å². The standard InChI is InChI=1S/C14H16FN3/c15-12-1-2-13(11(7-12)8-16)18-6-4-14(10-18)3-5-17-9-14/h1-2,7,17H,3-6,9-10H2. The number of rotatable bonds is 1. The van der Waals surface area contributed by atoms with Crippen molar-refractivity contribution in [3.63, 3.8) is 0 Å². The van der Waals surface area contributed by atoms with Crippen LogP contribution in [0.4, 0.5) is 10.1 Å². The molecular weight excluding hydrogens is 229 g/mol. The van der Waals surface area contributed by atoms with E-state index >= 15 is 0 Å². The van der Waals surface area contributed by atoms with Crippen molar-refractivity contribution in [2.75, 3.05) is 31.1 Å². The molecule has 0 saturated carbocycles. The first kappa shape index (κ1) is 11.5. The first-order valence-electron chi connectivity index (χ1n) is 6.38. The molecule has 0 bridgehead atoms. The maximum absolute atomic E-state index is 13.1. The van der Waals surface area contributed by atoms with Crippen LogP contribution in [0.15, 0.2) is 18.2 Å². The molecule has 1 aromatic carbocycles. The molecule has 1 spiro atoms. The van der Waals surface area contributed by atoms with E-state index < -0.39 is 0 Å². The Bertz CT molecular complexity index is 500. The van der Waals surface area contributed by atoms with E-state index in [1.54, 1.807) is 6.07 Å². The van der Waals surface area contributed by atoms with E-state index in [9.17, 15) is 4.39 Å². The number of hydrogen-bond acceptors (Lipinski definition) is 3. The Hall–Kier alpha value is -1.60. The summed E-state index contributed by atoms with van der Waals surface area (Å²) in [5, 5.41) is 12.5. The number of hydrogen-bond donors (Lipinski definition) is 1. The van der Waals surface area contributed by atoms with E-state index in [0.29, 0.717) is 11.0 Å². The van der Waals surface area contributed by atoms with Crippen LogP contribution in [0.25, 0.3) is 0 Å². The molecule has 18 heavy (non-hydrogen) atoms. The maximum Gasteiger partial charge on any atom is 0.124 e. The van der Waals surface area contributed by atoms with Crippen LogP contribution in [0.2, 0.25) is 0 Å². The maximum atomic E-state index is 13.1. The van der Waals surface area contributed by atoms with Crippen molar-refractivity contribution in [3.8, 4) is 6.07 Å². The lowest BCUT2D eigenvalue weighted by Crippen LogP contribution is -2.29. The molecule has 0 aromatic heterocycles. The SMILES string of the molecule is N#Cc1cc(F)ccc1N1CCC2(CCNC2)C1. The van der Waals surface area contributed by atoms with Crippen molar-refractivity contribution in [1.82, 2.24) is 5.32 Å². The number of nitrogens with one attached hydrogen (secondary N) is 1. The first-order valence-corrected chi connectivity index (χ1v) is 6.38. The lowest BCUT2D eigenvalue weighted by molar-refractivity contribution is 0.369. The van der Waals surface area contributed by atoms with Gasteiger partial charge in [-0.15, -0.1) is 0 Å². The van der Waals surface area contributed by atoms with Gasteiger partial charge in [0.1, 0.15) is 11.9 Å². The van der Waals surface area contributed by atoms with Crippen LogP contribution in [0.1, 0.15) is 18.4 Å². The number of nitriles is 1. The Morgan fingerprint density at radius 2 is 2.28 bits per heavy atom. The average Bonchev–Trinajstić information content (AvgIpc) is 3.00. The summed E-state index contributed by atoms with van der Waals surface area (Å²) >= 11 is 0. The fourth-order valence-corrected chi connectivity index (χ4v) is 3.16. The Morgan fingerprint density at radius 3 is 3.00 bits per heavy atom. The third kappa shape index (κ3) is 1.85. The molecule has 0 radical (unpaired) electrons. The molecule has 2 aliphatic heterocycles. The molecule has 1 unspecified atom stereocenters. The number of anilines is 1. The smallest absolute Gasteiger partial charge is 0.124 e. The van der Waals surface area contributed by atoms with Gasteiger partial charge in [0.2, 0.25) is 0 Å². The fourth-order valence-electron chi connectivity index (χ4n) is 3.16. The molecule has 2 aliphatic rings. The van der Waals surface area contributed by atoms with Crippen LogP contribution in [-0.4, -0.2) is 26.2 Å². The van der Waals surface area contributed by atoms with Gasteiger partial charge in [0.05, 0.1) is 11.3 Å². The van der Waals surface area contributed by atoms with Crippen LogP contribution in [0.5, 0.6) is 0 Å². The zero-order chi connectivity index (χ0) is 12.6. The summed E-state index contributed by atoms with van der Waals surface area (Å²) in [5.74, 6) is -0.341. The molecular formula is C14H16FN3. The van der Waals surface area contributed by atoms with Gasteiger partial charge in [0.25, 0.3) is 0 Å². The largest absolute Gasteiger partial charge is 0.370 e. The van der Waals surface area contributed by atoms with E-state index in [4.69, 9.17) is 5.26 Å². The van der Waals surface area contributed by atoms with Gasteiger partial charge in [-0.1, -0.05) is 0 Å². The summed E-state index contributed by atoms with van der Waals surface area (Å²) in [6.45, 7) is 4.08. The van der Waals surface area contributed by atoms with Gasteiger partial charge in [-0.05, 0) is 37.6 Å². The molecule has 1 aromatic rings. The normalized spacial score (nSPS) is 26.8. The Kier molecular flexibility index (Phi) is 2.71. The van der Waals surface area contributed by atoms with Crippen LogP contribution < -0.4 is 10.2 Å². The molecule has 2 heterocycles. The topological polar surface area (TPSA) is 39.1 Å². The summed E-state index contributed by atoms with van der Waals surface area (Å²) in [4.78, 5) is 2.23. The second-order valence-electron chi connectivity index (χ2n) is 5.37. The molecule has 4 heteroatoms. The van der Waals surface area contributed by atoms with E-state index in [0.717, 1.165) is 38.3 Å². The lowest BCUT2D eigenvalue weighted by atomic mass is 9.86. The van der Waals surface area contributed by atoms with Crippen molar-refractivity contribution in [3.05, 3.63) is 29.6 Å². The molecule has 0 amide bonds. The average molecular weight is 245 g/mol. The van der Waals surface area contributed by atoms with Gasteiger partial charge >= 0.3 is 0 Å². The highest BCUT2D eigenvalue weighted by Gasteiger charge is 2.40. The van der Waals surface area contributed by atoms with Crippen molar-refractivity contribution in [2.45, 2.75) is 12.8 Å². The van der Waals surface area contributed by atoms with Gasteiger partial charge in [-0.3, -0.25) is 0 Å². The minimum atomic E-state index is -0.341. The van der Waals surface area contributed by atoms with Gasteiger partial charge in [-0.25, -0.2) is 4.39 Å². The molecule has 1 atom stereocenters. The predicted octanol–water partition coefficient (Wildman–Crippen LogP) is 1.89. The fraction of sp³-hybridized carbons (Fsp3) is 0.500. The van der Waals surface area contributed by atoms with E-state index in [2.05, 4.69) is 16.3 Å². The highest BCUT2D eigenvalue weighted by molar-refractivity contribution is 5.60. The second kappa shape index (κ2) is 4.25. The van der Waals surface area contributed by atoms with Gasteiger partial charge in [-0.2, -0.15) is 5.26 Å². The number of nitrogens with zero attached hydrogens (tertiary/aromatic N) is 2. The minimum Gasteiger partial charge on any atom is -0.370 e. The summed E-state index contributed by atoms with van der Waals surface area (Å²) in [6.07, 6.45) is 2.36. The highest BCUT2D eigenvalue weighted by atomic mass is 19.1. The Morgan fingerprint density at radius 1 is 1.39 bits per heavy atom. The predicted molar refractivity (Wildman–Crippen MR) is 67.9 cm³/mol. The third-order valence-electron chi connectivity index (χ3n) is 4.19. The van der Waals surface area contributed by atoms with Crippen molar-refractivity contribution in [2.24, 2.45) is 5.41 Å². The third-order valence-corrected chi connectivity index (χ3v) is 4.19. The molecule has 94 valence electrons. The number of halogens is 1. The summed E-state index contributed by atoms with van der Waals surface area (Å²) < 4.78 is 13.1. The first-order chi connectivity index (χ1) is 8.72. The van der Waals surface area contributed by atoms with Crippen LogP contribution >= 0.6 is 0 Å². The molecule has 3 rings (SSSR count). The second-order valence-corrected chi connectivity index (χ2v) is 5.37.